The molecule has 19 nitrogen and oxygen atoms in total. The Morgan fingerprint density at radius 2 is 1.06 bits per heavy atom. The first-order valence-electron chi connectivity index (χ1n) is 18.9. The number of thiophene rings is 5. The number of fused-ring (bicyclic) bond motifs is 1. The van der Waals surface area contributed by atoms with Gasteiger partial charge in [-0.3, -0.25) is 4.79 Å². The molecule has 2 saturated heterocycles. The van der Waals surface area contributed by atoms with Crippen molar-refractivity contribution in [1.29, 1.82) is 5.41 Å². The topological polar surface area (TPSA) is 256 Å². The van der Waals surface area contributed by atoms with Crippen molar-refractivity contribution in [2.45, 2.75) is 0 Å². The summed E-state index contributed by atoms with van der Waals surface area (Å²) < 4.78 is 43.0. The zero-order valence-corrected chi connectivity index (χ0v) is 48.8. The third-order valence-corrected chi connectivity index (χ3v) is 18.3. The van der Waals surface area contributed by atoms with E-state index < -0.39 is 30.0 Å². The number of carbonyl (C=O) groups is 4. The fourth-order valence-electron chi connectivity index (χ4n) is 4.88. The van der Waals surface area contributed by atoms with Crippen LogP contribution in [0.2, 0.25) is 0 Å². The fourth-order valence-corrected chi connectivity index (χ4v) is 12.7. The van der Waals surface area contributed by atoms with Gasteiger partial charge in [-0.1, -0.05) is 0 Å². The maximum absolute atomic E-state index is 11.8. The van der Waals surface area contributed by atoms with Gasteiger partial charge < -0.3 is 58.0 Å². The molecule has 0 aliphatic carbocycles. The number of nitrogens with one attached hydrogen (secondary N) is 2. The Kier molecular flexibility index (Phi) is 24.9. The number of hydrogen-bond acceptors (Lipinski definition) is 25. The lowest BCUT2D eigenvalue weighted by Crippen LogP contribution is -2.37. The molecule has 8 heterocycles. The Morgan fingerprint density at radius 1 is 0.652 bits per heavy atom. The summed E-state index contributed by atoms with van der Waals surface area (Å²) in [4.78, 5) is 63.6. The molecule has 30 heteroatoms. The third kappa shape index (κ3) is 16.7. The molecule has 8 rings (SSSR count). The van der Waals surface area contributed by atoms with Crippen LogP contribution in [0.1, 0.15) is 38.7 Å². The Labute approximate surface area is 458 Å². The van der Waals surface area contributed by atoms with Crippen molar-refractivity contribution in [2.75, 3.05) is 84.2 Å². The first-order valence-corrected chi connectivity index (χ1v) is 28.4. The number of methoxy groups -OCH3 is 4. The van der Waals surface area contributed by atoms with Crippen LogP contribution in [0.5, 0.6) is 23.0 Å². The van der Waals surface area contributed by atoms with E-state index in [0.29, 0.717) is 60.5 Å². The zero-order chi connectivity index (χ0) is 50.8. The Balaban J connectivity index is 0.000000201. The predicted molar refractivity (Wildman–Crippen MR) is 285 cm³/mol. The molecule has 2 aliphatic rings. The highest BCUT2D eigenvalue weighted by molar-refractivity contribution is 9.11. The molecular formula is C39H37Br5N4O15S6. The molecule has 374 valence electrons. The van der Waals surface area contributed by atoms with Gasteiger partial charge in [0.05, 0.1) is 64.0 Å². The molecule has 0 amide bonds. The Morgan fingerprint density at radius 3 is 1.43 bits per heavy atom. The van der Waals surface area contributed by atoms with Crippen molar-refractivity contribution in [3.05, 3.63) is 79.1 Å². The summed E-state index contributed by atoms with van der Waals surface area (Å²) in [7, 11) is 5.03. The average Bonchev–Trinajstić information content (AvgIpc) is 4.20. The van der Waals surface area contributed by atoms with Crippen molar-refractivity contribution in [3.8, 4) is 23.0 Å². The van der Waals surface area contributed by atoms with Crippen LogP contribution in [0, 0.1) is 5.41 Å². The molecule has 0 unspecified atom stereocenters. The van der Waals surface area contributed by atoms with Gasteiger partial charge in [0.15, 0.2) is 48.1 Å². The summed E-state index contributed by atoms with van der Waals surface area (Å²) in [6, 6.07) is 0.380. The zero-order valence-electron chi connectivity index (χ0n) is 36.0. The summed E-state index contributed by atoms with van der Waals surface area (Å²) in [6.07, 6.45) is -0.622. The van der Waals surface area contributed by atoms with E-state index in [4.69, 9.17) is 24.0 Å². The number of aromatic hydroxyl groups is 2. The van der Waals surface area contributed by atoms with Crippen molar-refractivity contribution in [2.24, 2.45) is 0 Å². The molecule has 0 aromatic carbocycles. The van der Waals surface area contributed by atoms with E-state index in [1.54, 1.807) is 21.5 Å². The van der Waals surface area contributed by atoms with Crippen LogP contribution in [0.4, 0.5) is 6.01 Å². The van der Waals surface area contributed by atoms with Crippen LogP contribution in [-0.2, 0) is 23.7 Å². The van der Waals surface area contributed by atoms with E-state index in [1.807, 2.05) is 22.0 Å². The van der Waals surface area contributed by atoms with Gasteiger partial charge >= 0.3 is 36.0 Å². The second kappa shape index (κ2) is 29.4. The fraction of sp³-hybridized carbons (Fsp3) is 0.308. The molecule has 2 aliphatic heterocycles. The van der Waals surface area contributed by atoms with Gasteiger partial charge in [-0.15, -0.1) is 56.7 Å². The van der Waals surface area contributed by atoms with Crippen LogP contribution in [-0.4, -0.2) is 124 Å². The second-order valence-corrected chi connectivity index (χ2v) is 22.4. The molecule has 6 aromatic rings. The highest BCUT2D eigenvalue weighted by Crippen LogP contribution is 2.39. The number of nitrogens with zero attached hydrogens (tertiary/aromatic N) is 2. The first kappa shape index (κ1) is 58.4. The molecule has 0 atom stereocenters. The maximum Gasteiger partial charge on any atom is 0.391 e. The lowest BCUT2D eigenvalue weighted by Gasteiger charge is -2.25. The van der Waals surface area contributed by atoms with Gasteiger partial charge in [0.1, 0.15) is 4.70 Å². The minimum absolute atomic E-state index is 0.0538. The molecule has 4 N–H and O–H groups in total. The number of ether oxygens (including phenoxy) is 7. The SMILES string of the molecule is C1CSCCN1.COC(=O)c1scc(Br)c1O.COC(=O)c1scc(Br)c1O.COC(=O)c1scc(Br)c1OC(=N)Oc1c(Br)csc1C(=O)OC.O=c1nc(N2CCOCC2)oc2c(Br)csc12. The lowest BCUT2D eigenvalue weighted by molar-refractivity contribution is 0.0593. The van der Waals surface area contributed by atoms with Crippen LogP contribution in [0.25, 0.3) is 10.3 Å². The number of esters is 4. The van der Waals surface area contributed by atoms with E-state index in [2.05, 4.69) is 109 Å². The van der Waals surface area contributed by atoms with E-state index in [0.717, 1.165) is 49.8 Å². The van der Waals surface area contributed by atoms with Crippen molar-refractivity contribution in [3.63, 3.8) is 0 Å². The van der Waals surface area contributed by atoms with Crippen molar-refractivity contribution < 1.29 is 67.0 Å². The molecule has 69 heavy (non-hydrogen) atoms. The maximum atomic E-state index is 11.8. The smallest absolute Gasteiger partial charge is 0.391 e. The highest BCUT2D eigenvalue weighted by atomic mass is 79.9. The molecule has 0 bridgehead atoms. The van der Waals surface area contributed by atoms with Crippen LogP contribution in [0.15, 0.2) is 58.5 Å². The molecule has 0 saturated carbocycles. The second-order valence-electron chi connectivity index (χ2n) is 12.5. The quantitative estimate of drug-likeness (QED) is 0.0501. The number of aromatic nitrogens is 1. The van der Waals surface area contributed by atoms with Gasteiger partial charge in [0.2, 0.25) is 0 Å². The molecule has 0 spiro atoms. The summed E-state index contributed by atoms with van der Waals surface area (Å²) in [5, 5.41) is 37.8. The highest BCUT2D eigenvalue weighted by Gasteiger charge is 2.25. The minimum atomic E-state index is -0.622. The van der Waals surface area contributed by atoms with E-state index in [1.165, 1.54) is 64.4 Å². The molecule has 0 radical (unpaired) electrons. The monoisotopic (exact) mass is 1390 g/mol. The standard InChI is InChI=1S/C13H9Br2NO6S2.C10H9BrN2O3S.2C6H5BrO3S.C4H9NS/c1-19-11(17)9-7(5(14)3-23-9)21-13(16)22-8-6(15)4-24-10(8)12(18)20-2;11-6-5-17-8-7(6)16-10(12-9(8)14)13-1-3-15-4-2-13;2*1-10-6(9)5-4(8)3(7)2-11-5;1-3-6-4-2-5-1/h3-4,16H,1-2H3;5H,1-4H2;2*2,8H,1H3;5H,1-4H2. The summed E-state index contributed by atoms with van der Waals surface area (Å²) in [5.74, 6) is 0.478. The number of thioether (sulfide) groups is 1. The number of hydrogen-bond donors (Lipinski definition) is 4. The summed E-state index contributed by atoms with van der Waals surface area (Å²) >= 11 is 23.8. The molecule has 6 aromatic heterocycles. The first-order chi connectivity index (χ1) is 33.0. The lowest BCUT2D eigenvalue weighted by atomic mass is 10.4. The van der Waals surface area contributed by atoms with Crippen molar-refractivity contribution in [1.82, 2.24) is 10.3 Å². The normalized spacial score (nSPS) is 12.8. The van der Waals surface area contributed by atoms with Crippen LogP contribution < -0.4 is 25.2 Å². The Bertz CT molecular complexity index is 2630. The van der Waals surface area contributed by atoms with Gasteiger partial charge in [-0.2, -0.15) is 16.7 Å². The minimum Gasteiger partial charge on any atom is -0.505 e. The van der Waals surface area contributed by atoms with Crippen LogP contribution >= 0.6 is 148 Å². The van der Waals surface area contributed by atoms with Gasteiger partial charge in [-0.05, 0) is 79.6 Å². The number of carbonyl (C=O) groups excluding carboxylic acids is 4. The molecular weight excluding hydrogens is 1360 g/mol. The number of halogens is 5. The predicted octanol–water partition coefficient (Wildman–Crippen LogP) is 10.5. The number of morpholine rings is 1. The van der Waals surface area contributed by atoms with Crippen molar-refractivity contribution >= 4 is 194 Å². The van der Waals surface area contributed by atoms with Gasteiger partial charge in [0.25, 0.3) is 5.56 Å². The third-order valence-electron chi connectivity index (χ3n) is 8.14. The van der Waals surface area contributed by atoms with Gasteiger partial charge in [-0.25, -0.2) is 24.6 Å². The van der Waals surface area contributed by atoms with E-state index in [9.17, 15) is 34.2 Å². The van der Waals surface area contributed by atoms with Crippen LogP contribution in [0.3, 0.4) is 0 Å². The van der Waals surface area contributed by atoms with Gasteiger partial charge in [0, 0.05) is 64.6 Å². The van der Waals surface area contributed by atoms with E-state index in [-0.39, 0.29) is 48.1 Å². The summed E-state index contributed by atoms with van der Waals surface area (Å²) in [5.41, 5.74) is 0.347. The molecule has 2 fully saturated rings. The number of anilines is 1. The average molecular weight is 1390 g/mol. The largest absolute Gasteiger partial charge is 0.505 e. The van der Waals surface area contributed by atoms with E-state index >= 15 is 0 Å². The summed E-state index contributed by atoms with van der Waals surface area (Å²) in [6.45, 7) is 5.09. The number of rotatable bonds is 7. The Hall–Kier alpha value is -3.14.